The average Bonchev–Trinajstić information content (AvgIpc) is 2.25. The molecule has 0 amide bonds. The molecule has 0 aliphatic rings. The number of rotatable bonds is 3. The molecule has 5 heteroatoms. The second-order valence-electron chi connectivity index (χ2n) is 2.60. The second-order valence-corrected chi connectivity index (χ2v) is 2.60. The van der Waals surface area contributed by atoms with E-state index in [0.717, 1.165) is 6.08 Å². The second kappa shape index (κ2) is 4.90. The number of carbonyl (C=O) groups excluding carboxylic acids is 1. The van der Waals surface area contributed by atoms with Crippen LogP contribution >= 0.6 is 0 Å². The van der Waals surface area contributed by atoms with Crippen LogP contribution in [0.3, 0.4) is 0 Å². The number of pyridine rings is 1. The number of hydrogen-bond donors (Lipinski definition) is 1. The van der Waals surface area contributed by atoms with Gasteiger partial charge in [-0.05, 0) is 12.1 Å². The highest BCUT2D eigenvalue weighted by atomic mass is 16.5. The third-order valence-electron chi connectivity index (χ3n) is 1.62. The summed E-state index contributed by atoms with van der Waals surface area (Å²) in [5, 5.41) is 8.44. The summed E-state index contributed by atoms with van der Waals surface area (Å²) < 4.78 is 4.50. The van der Waals surface area contributed by atoms with Crippen molar-refractivity contribution in [2.24, 2.45) is 0 Å². The van der Waals surface area contributed by atoms with Crippen LogP contribution < -0.4 is 0 Å². The van der Waals surface area contributed by atoms with Crippen LogP contribution in [0.5, 0.6) is 0 Å². The van der Waals surface area contributed by atoms with Crippen molar-refractivity contribution >= 4 is 18.0 Å². The predicted molar refractivity (Wildman–Crippen MR) is 52.2 cm³/mol. The van der Waals surface area contributed by atoms with E-state index in [2.05, 4.69) is 9.72 Å². The zero-order valence-electron chi connectivity index (χ0n) is 8.01. The molecule has 0 saturated heterocycles. The van der Waals surface area contributed by atoms with E-state index in [1.807, 2.05) is 0 Å². The van der Waals surface area contributed by atoms with Crippen LogP contribution in [0.15, 0.2) is 24.4 Å². The first-order valence-corrected chi connectivity index (χ1v) is 4.09. The van der Waals surface area contributed by atoms with Gasteiger partial charge in [-0.2, -0.15) is 0 Å². The smallest absolute Gasteiger partial charge is 0.357 e. The molecule has 0 spiro atoms. The summed E-state index contributed by atoms with van der Waals surface area (Å²) in [5.74, 6) is -1.68. The third kappa shape index (κ3) is 2.91. The Balaban J connectivity index is 3.06. The van der Waals surface area contributed by atoms with Gasteiger partial charge in [0.15, 0.2) is 5.69 Å². The van der Waals surface area contributed by atoms with Crippen molar-refractivity contribution < 1.29 is 19.4 Å². The molecule has 0 fully saturated rings. The average molecular weight is 207 g/mol. The minimum Gasteiger partial charge on any atom is -0.478 e. The molecular weight excluding hydrogens is 198 g/mol. The molecule has 0 aromatic carbocycles. The molecule has 0 aliphatic carbocycles. The van der Waals surface area contributed by atoms with Gasteiger partial charge in [-0.25, -0.2) is 14.6 Å². The lowest BCUT2D eigenvalue weighted by molar-refractivity contribution is -0.131. The number of aromatic nitrogens is 1. The standard InChI is InChI=1S/C10H9NO4/c1-15-10(14)9-7(3-2-6-11-9)4-5-8(12)13/h2-6H,1H3,(H,12,13). The minimum atomic E-state index is -1.09. The molecule has 0 radical (unpaired) electrons. The summed E-state index contributed by atoms with van der Waals surface area (Å²) in [7, 11) is 1.24. The SMILES string of the molecule is COC(=O)c1ncccc1C=CC(=O)O. The summed E-state index contributed by atoms with van der Waals surface area (Å²) in [6, 6.07) is 3.19. The number of nitrogens with zero attached hydrogens (tertiary/aromatic N) is 1. The number of ether oxygens (including phenoxy) is 1. The van der Waals surface area contributed by atoms with Gasteiger partial charge in [0.1, 0.15) is 0 Å². The van der Waals surface area contributed by atoms with Gasteiger partial charge in [-0.3, -0.25) is 0 Å². The highest BCUT2D eigenvalue weighted by molar-refractivity contribution is 5.93. The van der Waals surface area contributed by atoms with Crippen LogP contribution in [-0.4, -0.2) is 29.1 Å². The van der Waals surface area contributed by atoms with Crippen LogP contribution in [0.1, 0.15) is 16.1 Å². The van der Waals surface area contributed by atoms with Gasteiger partial charge in [0.25, 0.3) is 0 Å². The van der Waals surface area contributed by atoms with Crippen molar-refractivity contribution in [2.75, 3.05) is 7.11 Å². The van der Waals surface area contributed by atoms with E-state index in [1.54, 1.807) is 12.1 Å². The molecule has 1 heterocycles. The van der Waals surface area contributed by atoms with Crippen LogP contribution in [0.2, 0.25) is 0 Å². The largest absolute Gasteiger partial charge is 0.478 e. The molecule has 78 valence electrons. The van der Waals surface area contributed by atoms with Crippen molar-refractivity contribution in [1.29, 1.82) is 0 Å². The van der Waals surface area contributed by atoms with Gasteiger partial charge in [-0.1, -0.05) is 6.07 Å². The van der Waals surface area contributed by atoms with Gasteiger partial charge in [0, 0.05) is 17.8 Å². The van der Waals surface area contributed by atoms with E-state index in [4.69, 9.17) is 5.11 Å². The Hall–Kier alpha value is -2.17. The Kier molecular flexibility index (Phi) is 3.56. The fourth-order valence-corrected chi connectivity index (χ4v) is 0.981. The number of hydrogen-bond acceptors (Lipinski definition) is 4. The lowest BCUT2D eigenvalue weighted by atomic mass is 10.2. The molecule has 5 nitrogen and oxygen atoms in total. The van der Waals surface area contributed by atoms with Gasteiger partial charge >= 0.3 is 11.9 Å². The Bertz CT molecular complexity index is 412. The minimum absolute atomic E-state index is 0.0949. The van der Waals surface area contributed by atoms with Crippen LogP contribution in [0.25, 0.3) is 6.08 Å². The maximum absolute atomic E-state index is 11.2. The summed E-state index contributed by atoms with van der Waals surface area (Å²) in [5.41, 5.74) is 0.504. The Labute approximate surface area is 86.0 Å². The van der Waals surface area contributed by atoms with E-state index in [0.29, 0.717) is 5.56 Å². The van der Waals surface area contributed by atoms with Gasteiger partial charge in [0.2, 0.25) is 0 Å². The summed E-state index contributed by atoms with van der Waals surface area (Å²) in [6.07, 6.45) is 3.66. The quantitative estimate of drug-likeness (QED) is 0.590. The van der Waals surface area contributed by atoms with Gasteiger partial charge in [-0.15, -0.1) is 0 Å². The van der Waals surface area contributed by atoms with E-state index in [-0.39, 0.29) is 5.69 Å². The molecule has 1 aromatic heterocycles. The predicted octanol–water partition coefficient (Wildman–Crippen LogP) is 0.966. The molecule has 1 rings (SSSR count). The van der Waals surface area contributed by atoms with E-state index < -0.39 is 11.9 Å². The summed E-state index contributed by atoms with van der Waals surface area (Å²) >= 11 is 0. The topological polar surface area (TPSA) is 76.5 Å². The molecule has 0 bridgehead atoms. The number of carboxylic acids is 1. The molecule has 0 unspecified atom stereocenters. The first-order valence-electron chi connectivity index (χ1n) is 4.09. The third-order valence-corrected chi connectivity index (χ3v) is 1.62. The van der Waals surface area contributed by atoms with Crippen LogP contribution in [0, 0.1) is 0 Å². The number of esters is 1. The van der Waals surface area contributed by atoms with E-state index in [1.165, 1.54) is 19.4 Å². The fraction of sp³-hybridized carbons (Fsp3) is 0.100. The number of aliphatic carboxylic acids is 1. The van der Waals surface area contributed by atoms with Crippen molar-refractivity contribution in [1.82, 2.24) is 4.98 Å². The van der Waals surface area contributed by atoms with E-state index in [9.17, 15) is 9.59 Å². The fourth-order valence-electron chi connectivity index (χ4n) is 0.981. The maximum Gasteiger partial charge on any atom is 0.357 e. The zero-order valence-corrected chi connectivity index (χ0v) is 8.01. The number of carbonyl (C=O) groups is 2. The van der Waals surface area contributed by atoms with E-state index >= 15 is 0 Å². The number of carboxylic acid groups (broad SMARTS) is 1. The summed E-state index contributed by atoms with van der Waals surface area (Å²) in [6.45, 7) is 0. The summed E-state index contributed by atoms with van der Waals surface area (Å²) in [4.78, 5) is 25.3. The molecule has 15 heavy (non-hydrogen) atoms. The number of methoxy groups -OCH3 is 1. The lowest BCUT2D eigenvalue weighted by Crippen LogP contribution is -2.06. The van der Waals surface area contributed by atoms with Crippen LogP contribution in [0.4, 0.5) is 0 Å². The van der Waals surface area contributed by atoms with Crippen molar-refractivity contribution in [3.8, 4) is 0 Å². The maximum atomic E-state index is 11.2. The molecule has 1 N–H and O–H groups in total. The van der Waals surface area contributed by atoms with Crippen molar-refractivity contribution in [2.45, 2.75) is 0 Å². The molecular formula is C10H9NO4. The van der Waals surface area contributed by atoms with Gasteiger partial charge < -0.3 is 9.84 Å². The zero-order chi connectivity index (χ0) is 11.3. The molecule has 0 atom stereocenters. The Morgan fingerprint density at radius 1 is 1.53 bits per heavy atom. The van der Waals surface area contributed by atoms with Crippen LogP contribution in [-0.2, 0) is 9.53 Å². The van der Waals surface area contributed by atoms with Crippen molar-refractivity contribution in [3.63, 3.8) is 0 Å². The lowest BCUT2D eigenvalue weighted by Gasteiger charge is -2.01. The normalized spacial score (nSPS) is 10.2. The first kappa shape index (κ1) is 10.9. The Morgan fingerprint density at radius 3 is 2.87 bits per heavy atom. The highest BCUT2D eigenvalue weighted by Gasteiger charge is 2.10. The molecule has 0 saturated carbocycles. The monoisotopic (exact) mass is 207 g/mol. The molecule has 1 aromatic rings. The van der Waals surface area contributed by atoms with Crippen molar-refractivity contribution in [3.05, 3.63) is 35.7 Å². The van der Waals surface area contributed by atoms with Gasteiger partial charge in [0.05, 0.1) is 7.11 Å². The molecule has 0 aliphatic heterocycles. The highest BCUT2D eigenvalue weighted by Crippen LogP contribution is 2.08. The Morgan fingerprint density at radius 2 is 2.27 bits per heavy atom. The first-order chi connectivity index (χ1) is 7.15.